The summed E-state index contributed by atoms with van der Waals surface area (Å²) in [6.07, 6.45) is 0.923. The normalized spacial score (nSPS) is 10.9. The highest BCUT2D eigenvalue weighted by molar-refractivity contribution is 9.10. The lowest BCUT2D eigenvalue weighted by Gasteiger charge is -2.07. The number of aromatic nitrogens is 2. The predicted molar refractivity (Wildman–Crippen MR) is 77.7 cm³/mol. The van der Waals surface area contributed by atoms with E-state index in [1.165, 1.54) is 11.3 Å². The van der Waals surface area contributed by atoms with Crippen molar-refractivity contribution in [1.82, 2.24) is 14.9 Å². The van der Waals surface area contributed by atoms with Gasteiger partial charge in [0.15, 0.2) is 0 Å². The summed E-state index contributed by atoms with van der Waals surface area (Å²) in [6, 6.07) is 8.45. The maximum absolute atomic E-state index is 4.60. The molecule has 1 N–H and O–H groups in total. The van der Waals surface area contributed by atoms with Crippen LogP contribution in [0.2, 0.25) is 0 Å². The van der Waals surface area contributed by atoms with E-state index in [2.05, 4.69) is 69.0 Å². The Morgan fingerprint density at radius 1 is 1.28 bits per heavy atom. The Labute approximate surface area is 116 Å². The topological polar surface area (TPSA) is 29.9 Å². The van der Waals surface area contributed by atoms with Gasteiger partial charge in [0.25, 0.3) is 0 Å². The maximum atomic E-state index is 4.60. The van der Waals surface area contributed by atoms with Gasteiger partial charge >= 0.3 is 0 Å². The standard InChI is InChI=1S/C14H18BrN3/c1-10-13(18(3)14(17-10)9-16-2)8-11-4-6-12(15)7-5-11/h4-7,16H,8-9H2,1-3H3. The molecule has 0 aliphatic heterocycles. The third-order valence-corrected chi connectivity index (χ3v) is 3.65. The Bertz CT molecular complexity index is 529. The molecule has 0 aliphatic carbocycles. The van der Waals surface area contributed by atoms with Crippen LogP contribution >= 0.6 is 15.9 Å². The summed E-state index contributed by atoms with van der Waals surface area (Å²) in [5, 5.41) is 3.15. The summed E-state index contributed by atoms with van der Waals surface area (Å²) in [5.41, 5.74) is 3.70. The van der Waals surface area contributed by atoms with Gasteiger partial charge in [0.05, 0.1) is 12.2 Å². The van der Waals surface area contributed by atoms with Crippen LogP contribution in [-0.2, 0) is 20.0 Å². The van der Waals surface area contributed by atoms with E-state index in [9.17, 15) is 0 Å². The van der Waals surface area contributed by atoms with Crippen LogP contribution in [0.15, 0.2) is 28.7 Å². The maximum Gasteiger partial charge on any atom is 0.122 e. The molecule has 3 nitrogen and oxygen atoms in total. The van der Waals surface area contributed by atoms with Gasteiger partial charge in [-0.25, -0.2) is 4.98 Å². The fraction of sp³-hybridized carbons (Fsp3) is 0.357. The highest BCUT2D eigenvalue weighted by Gasteiger charge is 2.11. The van der Waals surface area contributed by atoms with E-state index in [1.807, 2.05) is 7.05 Å². The third-order valence-electron chi connectivity index (χ3n) is 3.13. The number of nitrogens with zero attached hydrogens (tertiary/aromatic N) is 2. The molecule has 0 fully saturated rings. The number of rotatable bonds is 4. The highest BCUT2D eigenvalue weighted by Crippen LogP contribution is 2.17. The number of hydrogen-bond donors (Lipinski definition) is 1. The molecule has 0 unspecified atom stereocenters. The third kappa shape index (κ3) is 2.82. The van der Waals surface area contributed by atoms with Crippen LogP contribution in [0.25, 0.3) is 0 Å². The van der Waals surface area contributed by atoms with Crippen LogP contribution in [0.4, 0.5) is 0 Å². The first-order chi connectivity index (χ1) is 8.61. The molecule has 0 saturated heterocycles. The van der Waals surface area contributed by atoms with E-state index in [1.54, 1.807) is 0 Å². The highest BCUT2D eigenvalue weighted by atomic mass is 79.9. The first-order valence-corrected chi connectivity index (χ1v) is 6.81. The van der Waals surface area contributed by atoms with Crippen LogP contribution in [0, 0.1) is 6.92 Å². The summed E-state index contributed by atoms with van der Waals surface area (Å²) in [7, 11) is 4.03. The van der Waals surface area contributed by atoms with E-state index in [4.69, 9.17) is 0 Å². The molecule has 4 heteroatoms. The molecule has 0 atom stereocenters. The van der Waals surface area contributed by atoms with Gasteiger partial charge in [-0.2, -0.15) is 0 Å². The number of aryl methyl sites for hydroxylation is 1. The van der Waals surface area contributed by atoms with E-state index in [-0.39, 0.29) is 0 Å². The Morgan fingerprint density at radius 3 is 2.56 bits per heavy atom. The Hall–Kier alpha value is -1.13. The summed E-state index contributed by atoms with van der Waals surface area (Å²) < 4.78 is 3.30. The minimum Gasteiger partial charge on any atom is -0.333 e. The van der Waals surface area contributed by atoms with E-state index in [0.29, 0.717) is 0 Å². The second-order valence-corrected chi connectivity index (χ2v) is 5.37. The monoisotopic (exact) mass is 307 g/mol. The van der Waals surface area contributed by atoms with Crippen molar-refractivity contribution < 1.29 is 0 Å². The average Bonchev–Trinajstić information content (AvgIpc) is 2.60. The van der Waals surface area contributed by atoms with Gasteiger partial charge < -0.3 is 9.88 Å². The molecule has 1 aromatic carbocycles. The second-order valence-electron chi connectivity index (χ2n) is 4.45. The van der Waals surface area contributed by atoms with Crippen LogP contribution in [-0.4, -0.2) is 16.6 Å². The van der Waals surface area contributed by atoms with Crippen molar-refractivity contribution in [2.24, 2.45) is 7.05 Å². The number of hydrogen-bond acceptors (Lipinski definition) is 2. The zero-order valence-corrected chi connectivity index (χ0v) is 12.6. The van der Waals surface area contributed by atoms with Gasteiger partial charge in [-0.1, -0.05) is 28.1 Å². The smallest absolute Gasteiger partial charge is 0.122 e. The largest absolute Gasteiger partial charge is 0.333 e. The van der Waals surface area contributed by atoms with Gasteiger partial charge in [0, 0.05) is 23.6 Å². The van der Waals surface area contributed by atoms with Crippen molar-refractivity contribution in [3.63, 3.8) is 0 Å². The predicted octanol–water partition coefficient (Wildman–Crippen LogP) is 2.80. The van der Waals surface area contributed by atoms with Crippen LogP contribution in [0.1, 0.15) is 22.8 Å². The zero-order valence-electron chi connectivity index (χ0n) is 11.0. The minimum atomic E-state index is 0.803. The molecule has 0 aliphatic rings. The fourth-order valence-electron chi connectivity index (χ4n) is 2.09. The Kier molecular flexibility index (Phi) is 4.19. The summed E-state index contributed by atoms with van der Waals surface area (Å²) in [5.74, 6) is 1.09. The minimum absolute atomic E-state index is 0.803. The molecule has 2 aromatic rings. The lowest BCUT2D eigenvalue weighted by atomic mass is 10.1. The molecule has 18 heavy (non-hydrogen) atoms. The molecule has 96 valence electrons. The van der Waals surface area contributed by atoms with Crippen molar-refractivity contribution in [3.8, 4) is 0 Å². The summed E-state index contributed by atoms with van der Waals surface area (Å²) in [4.78, 5) is 4.60. The van der Waals surface area contributed by atoms with E-state index in [0.717, 1.165) is 29.0 Å². The van der Waals surface area contributed by atoms with Crippen LogP contribution in [0.3, 0.4) is 0 Å². The first kappa shape index (κ1) is 13.3. The lowest BCUT2D eigenvalue weighted by molar-refractivity contribution is 0.695. The number of benzene rings is 1. The van der Waals surface area contributed by atoms with Crippen molar-refractivity contribution >= 4 is 15.9 Å². The Balaban J connectivity index is 2.26. The molecule has 0 saturated carbocycles. The molecule has 1 heterocycles. The molecule has 2 rings (SSSR count). The molecular weight excluding hydrogens is 290 g/mol. The van der Waals surface area contributed by atoms with Gasteiger partial charge in [-0.3, -0.25) is 0 Å². The van der Waals surface area contributed by atoms with E-state index >= 15 is 0 Å². The molecule has 1 aromatic heterocycles. The van der Waals surface area contributed by atoms with Crippen LogP contribution in [0.5, 0.6) is 0 Å². The van der Waals surface area contributed by atoms with Gasteiger partial charge in [0.1, 0.15) is 5.82 Å². The van der Waals surface area contributed by atoms with Crippen LogP contribution < -0.4 is 5.32 Å². The average molecular weight is 308 g/mol. The molecular formula is C14H18BrN3. The summed E-state index contributed by atoms with van der Waals surface area (Å²) in [6.45, 7) is 2.88. The summed E-state index contributed by atoms with van der Waals surface area (Å²) >= 11 is 3.46. The second kappa shape index (κ2) is 5.67. The lowest BCUT2D eigenvalue weighted by Crippen LogP contribution is -2.11. The SMILES string of the molecule is CNCc1nc(C)c(Cc2ccc(Br)cc2)n1C. The quantitative estimate of drug-likeness (QED) is 0.941. The number of imidazole rings is 1. The zero-order chi connectivity index (χ0) is 13.1. The van der Waals surface area contributed by atoms with Gasteiger partial charge in [-0.05, 0) is 31.7 Å². The van der Waals surface area contributed by atoms with Crippen molar-refractivity contribution in [2.75, 3.05) is 7.05 Å². The van der Waals surface area contributed by atoms with Crippen molar-refractivity contribution in [1.29, 1.82) is 0 Å². The van der Waals surface area contributed by atoms with Gasteiger partial charge in [-0.15, -0.1) is 0 Å². The number of halogens is 1. The number of nitrogens with one attached hydrogen (secondary N) is 1. The molecule has 0 amide bonds. The van der Waals surface area contributed by atoms with Crippen molar-refractivity contribution in [2.45, 2.75) is 19.9 Å². The Morgan fingerprint density at radius 2 is 1.94 bits per heavy atom. The van der Waals surface area contributed by atoms with E-state index < -0.39 is 0 Å². The molecule has 0 radical (unpaired) electrons. The van der Waals surface area contributed by atoms with Gasteiger partial charge in [0.2, 0.25) is 0 Å². The van der Waals surface area contributed by atoms with Crippen molar-refractivity contribution in [3.05, 3.63) is 51.5 Å². The first-order valence-electron chi connectivity index (χ1n) is 6.02. The fourth-order valence-corrected chi connectivity index (χ4v) is 2.35. The molecule has 0 bridgehead atoms. The molecule has 0 spiro atoms.